The lowest BCUT2D eigenvalue weighted by atomic mass is 9.47. The topological polar surface area (TPSA) is 26.3 Å². The lowest BCUT2D eigenvalue weighted by molar-refractivity contribution is -0.153. The van der Waals surface area contributed by atoms with Crippen molar-refractivity contribution in [3.63, 3.8) is 0 Å². The van der Waals surface area contributed by atoms with E-state index in [1.165, 1.54) is 69.8 Å². The Morgan fingerprint density at radius 2 is 0.795 bits per heavy atom. The van der Waals surface area contributed by atoms with E-state index in [9.17, 15) is 4.79 Å². The van der Waals surface area contributed by atoms with Crippen molar-refractivity contribution in [3.05, 3.63) is 33.4 Å². The summed E-state index contributed by atoms with van der Waals surface area (Å²) in [5.41, 5.74) is 10.4. The lowest BCUT2D eigenvalue weighted by Crippen LogP contribution is -2.48. The molecule has 0 spiro atoms. The smallest absolute Gasteiger partial charge is 0.313 e. The Labute approximate surface area is 238 Å². The lowest BCUT2D eigenvalue weighted by Gasteiger charge is -2.57. The van der Waals surface area contributed by atoms with E-state index in [2.05, 4.69) is 41.5 Å². The van der Waals surface area contributed by atoms with Crippen LogP contribution in [-0.4, -0.2) is 12.1 Å². The minimum atomic E-state index is 0.0174. The zero-order chi connectivity index (χ0) is 27.2. The summed E-state index contributed by atoms with van der Waals surface area (Å²) in [7, 11) is 0. The third-order valence-electron chi connectivity index (χ3n) is 13.4. The van der Waals surface area contributed by atoms with Crippen LogP contribution in [0.2, 0.25) is 0 Å². The van der Waals surface area contributed by atoms with E-state index in [1.54, 1.807) is 16.7 Å². The van der Waals surface area contributed by atoms with Gasteiger partial charge in [-0.3, -0.25) is 4.79 Å². The number of esters is 1. The van der Waals surface area contributed by atoms with Gasteiger partial charge in [0, 0.05) is 0 Å². The molecule has 2 nitrogen and oxygen atoms in total. The second-order valence-corrected chi connectivity index (χ2v) is 15.5. The first-order valence-corrected chi connectivity index (χ1v) is 17.2. The number of allylic oxidation sites excluding steroid dienone is 4. The fourth-order valence-electron chi connectivity index (χ4n) is 11.8. The molecule has 0 aliphatic heterocycles. The molecule has 0 radical (unpaired) electrons. The summed E-state index contributed by atoms with van der Waals surface area (Å²) >= 11 is 0. The molecule has 0 aromatic carbocycles. The molecule has 0 aromatic rings. The van der Waals surface area contributed by atoms with E-state index in [-0.39, 0.29) is 18.0 Å². The van der Waals surface area contributed by atoms with Crippen LogP contribution in [0.1, 0.15) is 119 Å². The van der Waals surface area contributed by atoms with Crippen molar-refractivity contribution in [2.45, 2.75) is 125 Å². The number of hydrogen-bond acceptors (Lipinski definition) is 2. The Kier molecular flexibility index (Phi) is 6.75. The van der Waals surface area contributed by atoms with Gasteiger partial charge in [-0.25, -0.2) is 0 Å². The van der Waals surface area contributed by atoms with Crippen molar-refractivity contribution in [1.29, 1.82) is 0 Å². The van der Waals surface area contributed by atoms with Gasteiger partial charge >= 0.3 is 5.97 Å². The number of fused-ring (bicyclic) bond motifs is 2. The maximum Gasteiger partial charge on any atom is 0.313 e. The molecule has 0 bridgehead atoms. The monoisotopic (exact) mass is 530 g/mol. The van der Waals surface area contributed by atoms with Crippen LogP contribution in [-0.2, 0) is 9.53 Å². The van der Waals surface area contributed by atoms with Crippen molar-refractivity contribution < 1.29 is 9.53 Å². The highest BCUT2D eigenvalue weighted by molar-refractivity contribution is 5.77. The van der Waals surface area contributed by atoms with Gasteiger partial charge in [0.25, 0.3) is 0 Å². The van der Waals surface area contributed by atoms with Crippen LogP contribution < -0.4 is 0 Å². The predicted octanol–water partition coefficient (Wildman–Crippen LogP) is 9.46. The molecule has 12 atom stereocenters. The van der Waals surface area contributed by atoms with Crippen LogP contribution in [0.4, 0.5) is 0 Å². The molecule has 0 heterocycles. The third kappa shape index (κ3) is 4.03. The highest BCUT2D eigenvalue weighted by Gasteiger charge is 2.54. The number of rotatable bonds is 2. The zero-order valence-electron chi connectivity index (χ0n) is 25.7. The van der Waals surface area contributed by atoms with E-state index in [4.69, 9.17) is 4.74 Å². The van der Waals surface area contributed by atoms with E-state index >= 15 is 0 Å². The normalized spacial score (nSPS) is 47.3. The van der Waals surface area contributed by atoms with E-state index < -0.39 is 0 Å². The summed E-state index contributed by atoms with van der Waals surface area (Å²) in [6, 6.07) is 0. The Hall–Kier alpha value is -1.31. The molecule has 12 unspecified atom stereocenters. The van der Waals surface area contributed by atoms with Gasteiger partial charge in [-0.15, -0.1) is 0 Å². The van der Waals surface area contributed by atoms with Gasteiger partial charge in [-0.1, -0.05) is 69.4 Å². The highest BCUT2D eigenvalue weighted by Crippen LogP contribution is 2.64. The van der Waals surface area contributed by atoms with Crippen molar-refractivity contribution in [3.8, 4) is 0 Å². The van der Waals surface area contributed by atoms with Gasteiger partial charge in [0.1, 0.15) is 6.10 Å². The van der Waals surface area contributed by atoms with Crippen LogP contribution in [0, 0.1) is 65.1 Å². The predicted molar refractivity (Wildman–Crippen MR) is 159 cm³/mol. The number of hydrogen-bond donors (Lipinski definition) is 0. The van der Waals surface area contributed by atoms with Gasteiger partial charge in [0.15, 0.2) is 0 Å². The molecule has 7 rings (SSSR count). The quantitative estimate of drug-likeness (QED) is 0.262. The molecule has 39 heavy (non-hydrogen) atoms. The van der Waals surface area contributed by atoms with Crippen molar-refractivity contribution in [2.75, 3.05) is 0 Å². The first-order valence-electron chi connectivity index (χ1n) is 17.2. The highest BCUT2D eigenvalue weighted by atomic mass is 16.5. The van der Waals surface area contributed by atoms with Crippen LogP contribution in [0.5, 0.6) is 0 Å². The molecule has 0 amide bonds. The van der Waals surface area contributed by atoms with Crippen molar-refractivity contribution in [2.24, 2.45) is 65.1 Å². The Bertz CT molecular complexity index is 1080. The fourth-order valence-corrected chi connectivity index (χ4v) is 11.8. The molecule has 7 aliphatic rings. The molecule has 0 aromatic heterocycles. The van der Waals surface area contributed by atoms with E-state index in [1.807, 2.05) is 11.1 Å². The summed E-state index contributed by atoms with van der Waals surface area (Å²) in [6.45, 7) is 14.7. The van der Waals surface area contributed by atoms with Gasteiger partial charge in [-0.05, 0) is 142 Å². The SMILES string of the molecule is CC1CCC(C)C2=C1C(C)CCC2OC(=O)C1CCC2C3=C1C(C)CCC3C1CCC(C)C3=C1C2CCC3C. The number of carbonyl (C=O) groups excluding carboxylic acids is 1. The zero-order valence-corrected chi connectivity index (χ0v) is 25.7. The van der Waals surface area contributed by atoms with Gasteiger partial charge in [0.2, 0.25) is 0 Å². The molecule has 0 saturated heterocycles. The summed E-state index contributed by atoms with van der Waals surface area (Å²) in [5, 5.41) is 0. The maximum atomic E-state index is 14.2. The molecule has 7 aliphatic carbocycles. The fraction of sp³-hybridized carbons (Fsp3) is 0.811. The molecule has 1 saturated carbocycles. The second-order valence-electron chi connectivity index (χ2n) is 15.5. The van der Waals surface area contributed by atoms with E-state index in [0.29, 0.717) is 35.5 Å². The molecule has 1 fully saturated rings. The van der Waals surface area contributed by atoms with Gasteiger partial charge < -0.3 is 4.74 Å². The molecular formula is C37H54O2. The molecule has 0 N–H and O–H groups in total. The third-order valence-corrected chi connectivity index (χ3v) is 13.4. The summed E-state index contributed by atoms with van der Waals surface area (Å²) < 4.78 is 6.66. The van der Waals surface area contributed by atoms with Crippen LogP contribution in [0.15, 0.2) is 33.4 Å². The maximum absolute atomic E-state index is 14.2. The number of carbonyl (C=O) groups is 1. The number of ether oxygens (including phenoxy) is 1. The average Bonchev–Trinajstić information content (AvgIpc) is 2.92. The van der Waals surface area contributed by atoms with Crippen molar-refractivity contribution in [1.82, 2.24) is 0 Å². The molecular weight excluding hydrogens is 476 g/mol. The first-order chi connectivity index (χ1) is 18.8. The summed E-state index contributed by atoms with van der Waals surface area (Å²) in [4.78, 5) is 14.2. The standard InChI is InChI=1S/C37H54O2/c1-19-7-8-24(6)34-30(18-12-22(4)31(19)34)39-37(38)29-17-16-28-26-14-10-21(3)32-20(2)9-13-25(35(26)32)27-15-11-23(5)33(29)36(27)28/h19-30H,7-18H2,1-6H3. The molecule has 214 valence electrons. The average molecular weight is 531 g/mol. The van der Waals surface area contributed by atoms with Crippen LogP contribution in [0.3, 0.4) is 0 Å². The van der Waals surface area contributed by atoms with Crippen molar-refractivity contribution >= 4 is 5.97 Å². The first kappa shape index (κ1) is 26.6. The Morgan fingerprint density at radius 3 is 1.33 bits per heavy atom. The Morgan fingerprint density at radius 1 is 0.436 bits per heavy atom. The van der Waals surface area contributed by atoms with E-state index in [0.717, 1.165) is 36.5 Å². The summed E-state index contributed by atoms with van der Waals surface area (Å²) in [5.74, 6) is 7.09. The van der Waals surface area contributed by atoms with Crippen LogP contribution >= 0.6 is 0 Å². The largest absolute Gasteiger partial charge is 0.457 e. The molecule has 2 heteroatoms. The Balaban J connectivity index is 1.23. The summed E-state index contributed by atoms with van der Waals surface area (Å²) in [6.07, 6.45) is 15.1. The second kappa shape index (κ2) is 9.90. The minimum absolute atomic E-state index is 0.0174. The minimum Gasteiger partial charge on any atom is -0.457 e. The van der Waals surface area contributed by atoms with Crippen LogP contribution in [0.25, 0.3) is 0 Å². The van der Waals surface area contributed by atoms with Gasteiger partial charge in [-0.2, -0.15) is 0 Å². The van der Waals surface area contributed by atoms with Gasteiger partial charge in [0.05, 0.1) is 5.92 Å².